The van der Waals surface area contributed by atoms with E-state index >= 15 is 0 Å². The molecule has 0 fully saturated rings. The largest absolute Gasteiger partial charge is 0.417 e. The van der Waals surface area contributed by atoms with Gasteiger partial charge in [0.1, 0.15) is 0 Å². The second-order valence-electron chi connectivity index (χ2n) is 5.60. The van der Waals surface area contributed by atoms with Gasteiger partial charge in [0.15, 0.2) is 5.16 Å². The number of halogens is 4. The second kappa shape index (κ2) is 8.66. The van der Waals surface area contributed by atoms with Crippen LogP contribution < -0.4 is 5.32 Å². The molecule has 0 unspecified atom stereocenters. The number of alkyl halides is 3. The predicted octanol–water partition coefficient (Wildman–Crippen LogP) is 3.28. The van der Waals surface area contributed by atoms with E-state index in [2.05, 4.69) is 10.3 Å². The summed E-state index contributed by atoms with van der Waals surface area (Å²) in [6.07, 6.45) is -1.29. The van der Waals surface area contributed by atoms with E-state index < -0.39 is 22.7 Å². The summed E-state index contributed by atoms with van der Waals surface area (Å²) < 4.78 is 40.3. The summed E-state index contributed by atoms with van der Waals surface area (Å²) in [6.45, 7) is -0.302. The van der Waals surface area contributed by atoms with Gasteiger partial charge in [-0.15, -0.1) is 0 Å². The summed E-state index contributed by atoms with van der Waals surface area (Å²) >= 11 is 6.75. The molecule has 6 nitrogen and oxygen atoms in total. The number of nitrogens with zero attached hydrogens (tertiary/aromatic N) is 3. The Labute approximate surface area is 162 Å². The van der Waals surface area contributed by atoms with Crippen molar-refractivity contribution in [2.45, 2.75) is 11.3 Å². The SMILES string of the molecule is CN(CC(=O)Nc1ccc(Cl)c(C(F)(F)F)c1)C(=O)CSc1nccn1C. The number of nitrogens with one attached hydrogen (secondary N) is 1. The van der Waals surface area contributed by atoms with E-state index in [4.69, 9.17) is 11.6 Å². The van der Waals surface area contributed by atoms with Crippen molar-refractivity contribution in [1.29, 1.82) is 0 Å². The number of likely N-dealkylation sites (N-methyl/N-ethyl adjacent to an activating group) is 1. The molecule has 0 aliphatic carbocycles. The Morgan fingerprint density at radius 3 is 2.67 bits per heavy atom. The zero-order valence-corrected chi connectivity index (χ0v) is 16.0. The fourth-order valence-electron chi connectivity index (χ4n) is 2.05. The van der Waals surface area contributed by atoms with Crippen molar-refractivity contribution in [2.75, 3.05) is 24.7 Å². The first-order valence-corrected chi connectivity index (χ1v) is 8.95. The summed E-state index contributed by atoms with van der Waals surface area (Å²) in [6, 6.07) is 3.06. The number of imidazole rings is 1. The van der Waals surface area contributed by atoms with Crippen LogP contribution in [0.15, 0.2) is 35.7 Å². The minimum Gasteiger partial charge on any atom is -0.336 e. The molecule has 0 atom stereocenters. The lowest BCUT2D eigenvalue weighted by atomic mass is 10.2. The highest BCUT2D eigenvalue weighted by atomic mass is 35.5. The first-order chi connectivity index (χ1) is 12.6. The molecular weight excluding hydrogens is 405 g/mol. The van der Waals surface area contributed by atoms with Crippen molar-refractivity contribution in [3.8, 4) is 0 Å². The number of hydrogen-bond donors (Lipinski definition) is 1. The average molecular weight is 421 g/mol. The Morgan fingerprint density at radius 1 is 1.37 bits per heavy atom. The number of aryl methyl sites for hydroxylation is 1. The number of carbonyl (C=O) groups is 2. The monoisotopic (exact) mass is 420 g/mol. The van der Waals surface area contributed by atoms with Gasteiger partial charge in [-0.05, 0) is 18.2 Å². The van der Waals surface area contributed by atoms with E-state index in [1.807, 2.05) is 0 Å². The Balaban J connectivity index is 1.91. The smallest absolute Gasteiger partial charge is 0.336 e. The molecule has 1 N–H and O–H groups in total. The summed E-state index contributed by atoms with van der Waals surface area (Å²) in [7, 11) is 3.22. The van der Waals surface area contributed by atoms with E-state index in [1.54, 1.807) is 24.0 Å². The van der Waals surface area contributed by atoms with Gasteiger partial charge in [-0.25, -0.2) is 4.98 Å². The van der Waals surface area contributed by atoms with Crippen molar-refractivity contribution in [3.05, 3.63) is 41.2 Å². The first kappa shape index (κ1) is 21.1. The second-order valence-corrected chi connectivity index (χ2v) is 6.95. The zero-order valence-electron chi connectivity index (χ0n) is 14.4. The first-order valence-electron chi connectivity index (χ1n) is 7.58. The standard InChI is InChI=1S/C16H16ClF3N4O2S/c1-23-6-5-21-15(23)27-9-14(26)24(2)8-13(25)22-10-3-4-12(17)11(7-10)16(18,19)20/h3-7H,8-9H2,1-2H3,(H,22,25). The van der Waals surface area contributed by atoms with Gasteiger partial charge in [-0.1, -0.05) is 23.4 Å². The van der Waals surface area contributed by atoms with Crippen molar-refractivity contribution >= 4 is 40.9 Å². The van der Waals surface area contributed by atoms with Crippen LogP contribution in [0.2, 0.25) is 5.02 Å². The quantitative estimate of drug-likeness (QED) is 0.728. The normalized spacial score (nSPS) is 11.3. The molecule has 2 rings (SSSR count). The number of thioether (sulfide) groups is 1. The number of rotatable bonds is 6. The number of carbonyl (C=O) groups excluding carboxylic acids is 2. The van der Waals surface area contributed by atoms with Crippen LogP contribution in [-0.2, 0) is 22.8 Å². The topological polar surface area (TPSA) is 67.2 Å². The van der Waals surface area contributed by atoms with Crippen LogP contribution in [0.5, 0.6) is 0 Å². The molecule has 1 aromatic carbocycles. The highest BCUT2D eigenvalue weighted by molar-refractivity contribution is 7.99. The van der Waals surface area contributed by atoms with Crippen LogP contribution in [0.4, 0.5) is 18.9 Å². The summed E-state index contributed by atoms with van der Waals surface area (Å²) in [5.41, 5.74) is -1.10. The Hall–Kier alpha value is -2.20. The number of aromatic nitrogens is 2. The molecule has 1 heterocycles. The zero-order chi connectivity index (χ0) is 20.2. The molecule has 0 saturated carbocycles. The van der Waals surface area contributed by atoms with Gasteiger partial charge in [0, 0.05) is 32.2 Å². The molecule has 27 heavy (non-hydrogen) atoms. The molecule has 0 spiro atoms. The van der Waals surface area contributed by atoms with E-state index in [1.165, 1.54) is 29.8 Å². The Kier molecular flexibility index (Phi) is 6.77. The molecule has 0 aliphatic rings. The number of amides is 2. The molecule has 0 saturated heterocycles. The molecule has 1 aromatic heterocycles. The molecule has 2 aromatic rings. The minimum atomic E-state index is -4.63. The third kappa shape index (κ3) is 5.90. The van der Waals surface area contributed by atoms with Crippen molar-refractivity contribution in [2.24, 2.45) is 7.05 Å². The van der Waals surface area contributed by atoms with Crippen molar-refractivity contribution < 1.29 is 22.8 Å². The molecule has 146 valence electrons. The van der Waals surface area contributed by atoms with Gasteiger partial charge >= 0.3 is 6.18 Å². The molecule has 11 heteroatoms. The lowest BCUT2D eigenvalue weighted by Crippen LogP contribution is -2.36. The van der Waals surface area contributed by atoms with Gasteiger partial charge in [0.25, 0.3) is 0 Å². The van der Waals surface area contributed by atoms with Crippen molar-refractivity contribution in [1.82, 2.24) is 14.5 Å². The third-order valence-corrected chi connectivity index (χ3v) is 4.84. The van der Waals surface area contributed by atoms with E-state index in [0.29, 0.717) is 5.16 Å². The highest BCUT2D eigenvalue weighted by Gasteiger charge is 2.33. The van der Waals surface area contributed by atoms with Gasteiger partial charge in [-0.2, -0.15) is 13.2 Å². The van der Waals surface area contributed by atoms with E-state index in [-0.39, 0.29) is 23.9 Å². The average Bonchev–Trinajstić information content (AvgIpc) is 2.98. The number of hydrogen-bond acceptors (Lipinski definition) is 4. The Morgan fingerprint density at radius 2 is 2.07 bits per heavy atom. The van der Waals surface area contributed by atoms with Gasteiger partial charge in [-0.3, -0.25) is 9.59 Å². The van der Waals surface area contributed by atoms with Crippen LogP contribution in [0, 0.1) is 0 Å². The van der Waals surface area contributed by atoms with E-state index in [0.717, 1.165) is 12.1 Å². The number of benzene rings is 1. The fourth-order valence-corrected chi connectivity index (χ4v) is 3.15. The minimum absolute atomic E-state index is 0.0556. The van der Waals surface area contributed by atoms with Crippen LogP contribution in [0.3, 0.4) is 0 Å². The maximum Gasteiger partial charge on any atom is 0.417 e. The van der Waals surface area contributed by atoms with Crippen LogP contribution in [0.1, 0.15) is 5.56 Å². The predicted molar refractivity (Wildman–Crippen MR) is 96.7 cm³/mol. The molecule has 2 amide bonds. The summed E-state index contributed by atoms with van der Waals surface area (Å²) in [5, 5.41) is 2.53. The van der Waals surface area contributed by atoms with Gasteiger partial charge in [0.05, 0.1) is 22.9 Å². The Bertz CT molecular complexity index is 841. The van der Waals surface area contributed by atoms with Crippen molar-refractivity contribution in [3.63, 3.8) is 0 Å². The highest BCUT2D eigenvalue weighted by Crippen LogP contribution is 2.36. The molecule has 0 aliphatic heterocycles. The summed E-state index contributed by atoms with van der Waals surface area (Å²) in [5.74, 6) is -0.859. The van der Waals surface area contributed by atoms with Gasteiger partial charge in [0.2, 0.25) is 11.8 Å². The number of anilines is 1. The van der Waals surface area contributed by atoms with E-state index in [9.17, 15) is 22.8 Å². The summed E-state index contributed by atoms with van der Waals surface area (Å²) in [4.78, 5) is 29.4. The molecule has 0 bridgehead atoms. The lowest BCUT2D eigenvalue weighted by Gasteiger charge is -2.17. The lowest BCUT2D eigenvalue weighted by molar-refractivity contribution is -0.137. The fraction of sp³-hybridized carbons (Fsp3) is 0.312. The molecular formula is C16H16ClF3N4O2S. The maximum atomic E-state index is 12.9. The van der Waals surface area contributed by atoms with Crippen LogP contribution >= 0.6 is 23.4 Å². The maximum absolute atomic E-state index is 12.9. The third-order valence-electron chi connectivity index (χ3n) is 3.46. The van der Waals surface area contributed by atoms with Crippen LogP contribution in [0.25, 0.3) is 0 Å². The molecule has 0 radical (unpaired) electrons. The van der Waals surface area contributed by atoms with Crippen LogP contribution in [-0.4, -0.2) is 45.6 Å². The van der Waals surface area contributed by atoms with Gasteiger partial charge < -0.3 is 14.8 Å².